The van der Waals surface area contributed by atoms with Crippen molar-refractivity contribution in [1.29, 1.82) is 5.26 Å². The second-order valence-corrected chi connectivity index (χ2v) is 6.69. The Morgan fingerprint density at radius 3 is 2.72 bits per heavy atom. The molecule has 1 atom stereocenters. The van der Waals surface area contributed by atoms with Crippen LogP contribution in [0.1, 0.15) is 28.2 Å². The Balaban J connectivity index is 1.83. The zero-order valence-electron chi connectivity index (χ0n) is 15.7. The van der Waals surface area contributed by atoms with Crippen LogP contribution in [0.4, 0.5) is 5.82 Å². The number of benzene rings is 2. The van der Waals surface area contributed by atoms with Crippen molar-refractivity contribution < 1.29 is 9.84 Å². The van der Waals surface area contributed by atoms with Crippen molar-refractivity contribution in [3.63, 3.8) is 0 Å². The van der Waals surface area contributed by atoms with E-state index in [0.29, 0.717) is 22.7 Å². The first-order valence-corrected chi connectivity index (χ1v) is 9.03. The molecule has 4 rings (SSSR count). The number of pyridine rings is 1. The van der Waals surface area contributed by atoms with Crippen LogP contribution in [0.25, 0.3) is 0 Å². The summed E-state index contributed by atoms with van der Waals surface area (Å²) in [5, 5.41) is 20.1. The van der Waals surface area contributed by atoms with Gasteiger partial charge in [0.2, 0.25) is 5.88 Å². The van der Waals surface area contributed by atoms with Gasteiger partial charge in [0.1, 0.15) is 23.1 Å². The predicted molar refractivity (Wildman–Crippen MR) is 110 cm³/mol. The van der Waals surface area contributed by atoms with Crippen LogP contribution in [-0.2, 0) is 0 Å². The lowest BCUT2D eigenvalue weighted by Crippen LogP contribution is -2.21. The molecule has 0 saturated heterocycles. The van der Waals surface area contributed by atoms with Gasteiger partial charge in [0, 0.05) is 29.6 Å². The number of ether oxygens (including phenoxy) is 1. The quantitative estimate of drug-likeness (QED) is 0.665. The minimum Gasteiger partial charge on any atom is -0.507 e. The summed E-state index contributed by atoms with van der Waals surface area (Å²) in [4.78, 5) is 8.64. The highest BCUT2D eigenvalue weighted by molar-refractivity contribution is 5.86. The molecule has 3 aromatic rings. The number of phenolic OH excluding ortho intramolecular Hbond substituents is 1. The molecule has 0 bridgehead atoms. The summed E-state index contributed by atoms with van der Waals surface area (Å²) in [6, 6.07) is 18.8. The highest BCUT2D eigenvalue weighted by atomic mass is 16.5. The van der Waals surface area contributed by atoms with E-state index in [-0.39, 0.29) is 11.6 Å². The molecule has 0 fully saturated rings. The number of aromatic nitrogens is 1. The highest BCUT2D eigenvalue weighted by Gasteiger charge is 2.31. The Morgan fingerprint density at radius 1 is 1.21 bits per heavy atom. The summed E-state index contributed by atoms with van der Waals surface area (Å²) < 4.78 is 5.62. The fourth-order valence-corrected chi connectivity index (χ4v) is 3.35. The zero-order chi connectivity index (χ0) is 20.4. The average Bonchev–Trinajstić information content (AvgIpc) is 2.73. The molecule has 1 aromatic heterocycles. The van der Waals surface area contributed by atoms with Gasteiger partial charge in [-0.2, -0.15) is 5.26 Å². The van der Waals surface area contributed by atoms with E-state index in [1.165, 1.54) is 6.07 Å². The number of aromatic hydroxyl groups is 1. The van der Waals surface area contributed by atoms with Crippen molar-refractivity contribution >= 4 is 12.0 Å². The van der Waals surface area contributed by atoms with Gasteiger partial charge >= 0.3 is 0 Å². The largest absolute Gasteiger partial charge is 0.507 e. The van der Waals surface area contributed by atoms with Crippen molar-refractivity contribution in [3.8, 4) is 17.6 Å². The first-order chi connectivity index (χ1) is 14.1. The molecule has 0 radical (unpaired) electrons. The molecule has 2 heterocycles. The summed E-state index contributed by atoms with van der Waals surface area (Å²) in [5.41, 5.74) is 9.39. The van der Waals surface area contributed by atoms with Gasteiger partial charge in [-0.1, -0.05) is 36.4 Å². The number of allylic oxidation sites excluding steroid dienone is 1. The molecule has 1 aliphatic rings. The van der Waals surface area contributed by atoms with Gasteiger partial charge < -0.3 is 15.6 Å². The number of fused-ring (bicyclic) bond motifs is 1. The maximum absolute atomic E-state index is 10.5. The Kier molecular flexibility index (Phi) is 4.71. The Bertz CT molecular complexity index is 1180. The van der Waals surface area contributed by atoms with Gasteiger partial charge in [0.25, 0.3) is 0 Å². The van der Waals surface area contributed by atoms with Crippen LogP contribution in [-0.4, -0.2) is 16.3 Å². The van der Waals surface area contributed by atoms with Crippen LogP contribution >= 0.6 is 0 Å². The van der Waals surface area contributed by atoms with Crippen molar-refractivity contribution in [2.24, 2.45) is 10.7 Å². The average molecular weight is 382 g/mol. The van der Waals surface area contributed by atoms with E-state index >= 15 is 0 Å². The Labute approximate surface area is 168 Å². The monoisotopic (exact) mass is 382 g/mol. The molecule has 142 valence electrons. The number of nitriles is 1. The third-order valence-electron chi connectivity index (χ3n) is 4.81. The molecule has 6 nitrogen and oxygen atoms in total. The summed E-state index contributed by atoms with van der Waals surface area (Å²) in [6.45, 7) is 1.92. The Hall–Kier alpha value is -4.11. The molecule has 1 aliphatic heterocycles. The van der Waals surface area contributed by atoms with Crippen LogP contribution in [0, 0.1) is 18.3 Å². The van der Waals surface area contributed by atoms with E-state index in [1.807, 2.05) is 49.4 Å². The van der Waals surface area contributed by atoms with Crippen LogP contribution in [0.15, 0.2) is 77.2 Å². The second kappa shape index (κ2) is 7.49. The van der Waals surface area contributed by atoms with Gasteiger partial charge in [-0.25, -0.2) is 9.98 Å². The van der Waals surface area contributed by atoms with E-state index < -0.39 is 5.92 Å². The molecule has 0 aliphatic carbocycles. The van der Waals surface area contributed by atoms with E-state index in [4.69, 9.17) is 10.5 Å². The molecule has 0 unspecified atom stereocenters. The lowest BCUT2D eigenvalue weighted by atomic mass is 9.83. The van der Waals surface area contributed by atoms with Gasteiger partial charge in [-0.15, -0.1) is 0 Å². The van der Waals surface area contributed by atoms with E-state index in [2.05, 4.69) is 16.0 Å². The zero-order valence-corrected chi connectivity index (χ0v) is 15.7. The van der Waals surface area contributed by atoms with Crippen molar-refractivity contribution in [1.82, 2.24) is 4.98 Å². The van der Waals surface area contributed by atoms with E-state index in [1.54, 1.807) is 18.5 Å². The minimum absolute atomic E-state index is 0.00102. The van der Waals surface area contributed by atoms with Gasteiger partial charge in [0.05, 0.1) is 5.92 Å². The molecule has 3 N–H and O–H groups in total. The third kappa shape index (κ3) is 3.42. The summed E-state index contributed by atoms with van der Waals surface area (Å²) in [6.07, 6.45) is 3.22. The number of phenols is 1. The summed E-state index contributed by atoms with van der Waals surface area (Å²) in [5.74, 6) is 0.635. The van der Waals surface area contributed by atoms with Crippen molar-refractivity contribution in [2.45, 2.75) is 12.8 Å². The number of hydrogen-bond donors (Lipinski definition) is 2. The van der Waals surface area contributed by atoms with Crippen LogP contribution in [0.3, 0.4) is 0 Å². The highest BCUT2D eigenvalue weighted by Crippen LogP contribution is 2.44. The first-order valence-electron chi connectivity index (χ1n) is 9.03. The molecular weight excluding hydrogens is 364 g/mol. The van der Waals surface area contributed by atoms with E-state index in [0.717, 1.165) is 16.7 Å². The number of hydrogen-bond acceptors (Lipinski definition) is 6. The first kappa shape index (κ1) is 18.3. The van der Waals surface area contributed by atoms with Crippen LogP contribution in [0.2, 0.25) is 0 Å². The SMILES string of the molecule is Cc1cccnc1N=Cc1cc2c(cc1O)OC(N)=C(C#N)[C@H]2c1ccccc1. The number of aryl methyl sites for hydroxylation is 1. The maximum atomic E-state index is 10.5. The molecular formula is C23H18N4O2. The van der Waals surface area contributed by atoms with Crippen LogP contribution < -0.4 is 10.5 Å². The van der Waals surface area contributed by atoms with Gasteiger partial charge in [-0.3, -0.25) is 0 Å². The topological polar surface area (TPSA) is 105 Å². The number of aliphatic imine (C=N–C) groups is 1. The lowest BCUT2D eigenvalue weighted by molar-refractivity contribution is 0.388. The van der Waals surface area contributed by atoms with Crippen molar-refractivity contribution in [2.75, 3.05) is 0 Å². The van der Waals surface area contributed by atoms with E-state index in [9.17, 15) is 10.4 Å². The smallest absolute Gasteiger partial charge is 0.205 e. The van der Waals surface area contributed by atoms with Gasteiger partial charge in [-0.05, 0) is 30.2 Å². The molecule has 0 saturated carbocycles. The fourth-order valence-electron chi connectivity index (χ4n) is 3.35. The fraction of sp³-hybridized carbons (Fsp3) is 0.0870. The second-order valence-electron chi connectivity index (χ2n) is 6.69. The predicted octanol–water partition coefficient (Wildman–Crippen LogP) is 4.06. The van der Waals surface area contributed by atoms with Crippen molar-refractivity contribution in [3.05, 3.63) is 94.5 Å². The standard InChI is InChI=1S/C23H18N4O2/c1-14-6-5-9-26-23(14)27-13-16-10-17-20(11-19(16)28)29-22(25)18(12-24)21(17)15-7-3-2-4-8-15/h2-11,13,21,28H,25H2,1H3/t21-/m0/s1. The third-order valence-corrected chi connectivity index (χ3v) is 4.81. The lowest BCUT2D eigenvalue weighted by Gasteiger charge is -2.27. The summed E-state index contributed by atoms with van der Waals surface area (Å²) in [7, 11) is 0. The summed E-state index contributed by atoms with van der Waals surface area (Å²) >= 11 is 0. The molecule has 0 spiro atoms. The van der Waals surface area contributed by atoms with Crippen LogP contribution in [0.5, 0.6) is 11.5 Å². The number of nitrogens with two attached hydrogens (primary N) is 1. The normalized spacial score (nSPS) is 15.7. The molecule has 29 heavy (non-hydrogen) atoms. The van der Waals surface area contributed by atoms with Gasteiger partial charge in [0.15, 0.2) is 5.82 Å². The minimum atomic E-state index is -0.394. The number of rotatable bonds is 3. The molecule has 2 aromatic carbocycles. The number of nitrogens with zero attached hydrogens (tertiary/aromatic N) is 3. The molecule has 6 heteroatoms. The maximum Gasteiger partial charge on any atom is 0.205 e. The Morgan fingerprint density at radius 2 is 2.00 bits per heavy atom. The molecule has 0 amide bonds.